The standard InChI is InChI=1S/C17H24N2O2/c1-12-8-13(2)10-16(9-12)19(14(3)20)11-17(21)18-15-6-4-5-7-15/h8-10,15H,4-7,11H2,1-3H3,(H,18,21). The van der Waals surface area contributed by atoms with Crippen molar-refractivity contribution < 1.29 is 9.59 Å². The summed E-state index contributed by atoms with van der Waals surface area (Å²) in [5.41, 5.74) is 2.97. The van der Waals surface area contributed by atoms with Crippen LogP contribution in [0.15, 0.2) is 18.2 Å². The lowest BCUT2D eigenvalue weighted by Crippen LogP contribution is -2.43. The lowest BCUT2D eigenvalue weighted by Gasteiger charge is -2.23. The molecule has 1 aromatic carbocycles. The summed E-state index contributed by atoms with van der Waals surface area (Å²) in [6, 6.07) is 6.22. The van der Waals surface area contributed by atoms with Crippen LogP contribution in [0.2, 0.25) is 0 Å². The maximum Gasteiger partial charge on any atom is 0.240 e. The van der Waals surface area contributed by atoms with Gasteiger partial charge >= 0.3 is 0 Å². The van der Waals surface area contributed by atoms with Crippen molar-refractivity contribution in [3.05, 3.63) is 29.3 Å². The Bertz CT molecular complexity index is 513. The predicted octanol–water partition coefficient (Wildman–Crippen LogP) is 2.72. The Morgan fingerprint density at radius 3 is 2.24 bits per heavy atom. The van der Waals surface area contributed by atoms with Gasteiger partial charge in [0.25, 0.3) is 0 Å². The molecule has 0 radical (unpaired) electrons. The second-order valence-electron chi connectivity index (χ2n) is 6.00. The molecule has 1 N–H and O–H groups in total. The molecule has 1 saturated carbocycles. The van der Waals surface area contributed by atoms with E-state index in [0.29, 0.717) is 0 Å². The molecule has 0 saturated heterocycles. The van der Waals surface area contributed by atoms with Gasteiger partial charge < -0.3 is 10.2 Å². The molecular formula is C17H24N2O2. The monoisotopic (exact) mass is 288 g/mol. The molecular weight excluding hydrogens is 264 g/mol. The Balaban J connectivity index is 2.07. The van der Waals surface area contributed by atoms with E-state index in [-0.39, 0.29) is 24.4 Å². The zero-order valence-corrected chi connectivity index (χ0v) is 13.1. The van der Waals surface area contributed by atoms with Gasteiger partial charge in [0.15, 0.2) is 0 Å². The third-order valence-electron chi connectivity index (χ3n) is 3.92. The van der Waals surface area contributed by atoms with E-state index in [1.54, 1.807) is 4.90 Å². The topological polar surface area (TPSA) is 49.4 Å². The van der Waals surface area contributed by atoms with Crippen molar-refractivity contribution in [2.75, 3.05) is 11.4 Å². The van der Waals surface area contributed by atoms with Crippen LogP contribution in [0.5, 0.6) is 0 Å². The fourth-order valence-corrected chi connectivity index (χ4v) is 2.98. The minimum atomic E-state index is -0.110. The predicted molar refractivity (Wildman–Crippen MR) is 84.3 cm³/mol. The van der Waals surface area contributed by atoms with Crippen LogP contribution in [0.3, 0.4) is 0 Å². The molecule has 0 aromatic heterocycles. The maximum absolute atomic E-state index is 12.2. The third-order valence-corrected chi connectivity index (χ3v) is 3.92. The molecule has 4 nitrogen and oxygen atoms in total. The smallest absolute Gasteiger partial charge is 0.240 e. The van der Waals surface area contributed by atoms with Crippen LogP contribution in [0.1, 0.15) is 43.7 Å². The van der Waals surface area contributed by atoms with Gasteiger partial charge in [0.1, 0.15) is 6.54 Å². The zero-order valence-electron chi connectivity index (χ0n) is 13.1. The summed E-state index contributed by atoms with van der Waals surface area (Å²) in [4.78, 5) is 25.6. The van der Waals surface area contributed by atoms with Crippen LogP contribution >= 0.6 is 0 Å². The molecule has 2 amide bonds. The quantitative estimate of drug-likeness (QED) is 0.926. The van der Waals surface area contributed by atoms with Crippen molar-refractivity contribution in [2.24, 2.45) is 0 Å². The fourth-order valence-electron chi connectivity index (χ4n) is 2.98. The molecule has 21 heavy (non-hydrogen) atoms. The summed E-state index contributed by atoms with van der Waals surface area (Å²) in [6.45, 7) is 5.58. The molecule has 4 heteroatoms. The Hall–Kier alpha value is -1.84. The summed E-state index contributed by atoms with van der Waals surface area (Å²) < 4.78 is 0. The zero-order chi connectivity index (χ0) is 15.4. The van der Waals surface area contributed by atoms with Gasteiger partial charge in [-0.15, -0.1) is 0 Å². The first kappa shape index (κ1) is 15.5. The van der Waals surface area contributed by atoms with Crippen LogP contribution in [-0.4, -0.2) is 24.4 Å². The lowest BCUT2D eigenvalue weighted by atomic mass is 10.1. The van der Waals surface area contributed by atoms with E-state index in [4.69, 9.17) is 0 Å². The minimum absolute atomic E-state index is 0.0729. The van der Waals surface area contributed by atoms with Gasteiger partial charge in [0.05, 0.1) is 0 Å². The molecule has 0 aliphatic heterocycles. The number of aryl methyl sites for hydroxylation is 2. The van der Waals surface area contributed by atoms with Gasteiger partial charge in [-0.05, 0) is 49.9 Å². The maximum atomic E-state index is 12.2. The van der Waals surface area contributed by atoms with Crippen LogP contribution in [-0.2, 0) is 9.59 Å². The van der Waals surface area contributed by atoms with Gasteiger partial charge in [0, 0.05) is 18.7 Å². The number of anilines is 1. The molecule has 1 aromatic rings. The summed E-state index contributed by atoms with van der Waals surface area (Å²) in [7, 11) is 0. The molecule has 2 rings (SSSR count). The second kappa shape index (κ2) is 6.74. The van der Waals surface area contributed by atoms with Gasteiger partial charge in [0.2, 0.25) is 11.8 Å². The van der Waals surface area contributed by atoms with Crippen molar-refractivity contribution >= 4 is 17.5 Å². The second-order valence-corrected chi connectivity index (χ2v) is 6.00. The van der Waals surface area contributed by atoms with E-state index in [9.17, 15) is 9.59 Å². The molecule has 0 heterocycles. The normalized spacial score (nSPS) is 15.0. The van der Waals surface area contributed by atoms with Crippen LogP contribution < -0.4 is 10.2 Å². The summed E-state index contributed by atoms with van der Waals surface area (Å²) in [5.74, 6) is -0.183. The van der Waals surface area contributed by atoms with Crippen molar-refractivity contribution in [3.8, 4) is 0 Å². The van der Waals surface area contributed by atoms with Crippen molar-refractivity contribution in [1.82, 2.24) is 5.32 Å². The van der Waals surface area contributed by atoms with E-state index in [0.717, 1.165) is 29.7 Å². The molecule has 1 aliphatic carbocycles. The fraction of sp³-hybridized carbons (Fsp3) is 0.529. The van der Waals surface area contributed by atoms with Crippen LogP contribution in [0.4, 0.5) is 5.69 Å². The number of nitrogens with zero attached hydrogens (tertiary/aromatic N) is 1. The number of carbonyl (C=O) groups excluding carboxylic acids is 2. The molecule has 0 spiro atoms. The largest absolute Gasteiger partial charge is 0.352 e. The van der Waals surface area contributed by atoms with E-state index in [1.807, 2.05) is 26.0 Å². The number of rotatable bonds is 4. The number of benzene rings is 1. The highest BCUT2D eigenvalue weighted by molar-refractivity contribution is 5.97. The van der Waals surface area contributed by atoms with Crippen molar-refractivity contribution in [1.29, 1.82) is 0 Å². The number of amides is 2. The Morgan fingerprint density at radius 1 is 1.14 bits per heavy atom. The molecule has 0 unspecified atom stereocenters. The molecule has 1 aliphatic rings. The average molecular weight is 288 g/mol. The Labute approximate surface area is 126 Å². The Morgan fingerprint density at radius 2 is 1.71 bits per heavy atom. The lowest BCUT2D eigenvalue weighted by molar-refractivity contribution is -0.123. The number of hydrogen-bond donors (Lipinski definition) is 1. The van der Waals surface area contributed by atoms with E-state index >= 15 is 0 Å². The molecule has 1 fully saturated rings. The third kappa shape index (κ3) is 4.31. The number of hydrogen-bond acceptors (Lipinski definition) is 2. The number of carbonyl (C=O) groups is 2. The van der Waals surface area contributed by atoms with Gasteiger partial charge in [-0.25, -0.2) is 0 Å². The number of nitrogens with one attached hydrogen (secondary N) is 1. The van der Waals surface area contributed by atoms with Crippen molar-refractivity contribution in [2.45, 2.75) is 52.5 Å². The molecule has 114 valence electrons. The first-order valence-corrected chi connectivity index (χ1v) is 7.61. The minimum Gasteiger partial charge on any atom is -0.352 e. The van der Waals surface area contributed by atoms with Gasteiger partial charge in [-0.2, -0.15) is 0 Å². The SMILES string of the molecule is CC(=O)N(CC(=O)NC1CCCC1)c1cc(C)cc(C)c1. The highest BCUT2D eigenvalue weighted by Gasteiger charge is 2.20. The average Bonchev–Trinajstić information content (AvgIpc) is 2.87. The van der Waals surface area contributed by atoms with Gasteiger partial charge in [-0.1, -0.05) is 18.9 Å². The van der Waals surface area contributed by atoms with Crippen LogP contribution in [0.25, 0.3) is 0 Å². The van der Waals surface area contributed by atoms with E-state index < -0.39 is 0 Å². The van der Waals surface area contributed by atoms with Crippen molar-refractivity contribution in [3.63, 3.8) is 0 Å². The summed E-state index contributed by atoms with van der Waals surface area (Å²) >= 11 is 0. The molecule has 0 bridgehead atoms. The van der Waals surface area contributed by atoms with Gasteiger partial charge in [-0.3, -0.25) is 9.59 Å². The highest BCUT2D eigenvalue weighted by atomic mass is 16.2. The Kier molecular flexibility index (Phi) is 4.99. The van der Waals surface area contributed by atoms with E-state index in [1.165, 1.54) is 19.8 Å². The highest BCUT2D eigenvalue weighted by Crippen LogP contribution is 2.20. The summed E-state index contributed by atoms with van der Waals surface area (Å²) in [5, 5.41) is 3.03. The van der Waals surface area contributed by atoms with E-state index in [2.05, 4.69) is 11.4 Å². The first-order chi connectivity index (χ1) is 9.95. The first-order valence-electron chi connectivity index (χ1n) is 7.61. The summed E-state index contributed by atoms with van der Waals surface area (Å²) in [6.07, 6.45) is 4.46. The van der Waals surface area contributed by atoms with Crippen LogP contribution in [0, 0.1) is 13.8 Å². The molecule has 0 atom stereocenters.